The molecular weight excluding hydrogens is 316 g/mol. The third-order valence-electron chi connectivity index (χ3n) is 3.02. The van der Waals surface area contributed by atoms with Crippen LogP contribution in [0, 0.1) is 22.7 Å². The molecular formula is C15H18N4O3S. The van der Waals surface area contributed by atoms with Gasteiger partial charge in [-0.25, -0.2) is 13.1 Å². The van der Waals surface area contributed by atoms with Crippen LogP contribution in [0.25, 0.3) is 0 Å². The topological polar surface area (TPSA) is 114 Å². The van der Waals surface area contributed by atoms with Crippen molar-refractivity contribution in [1.29, 1.82) is 10.5 Å². The van der Waals surface area contributed by atoms with Gasteiger partial charge in [-0.2, -0.15) is 10.5 Å². The van der Waals surface area contributed by atoms with E-state index in [9.17, 15) is 13.2 Å². The summed E-state index contributed by atoms with van der Waals surface area (Å²) in [7, 11) is -3.64. The second-order valence-electron chi connectivity index (χ2n) is 4.66. The number of hydrogen-bond donors (Lipinski definition) is 1. The minimum atomic E-state index is -3.64. The van der Waals surface area contributed by atoms with Gasteiger partial charge in [-0.15, -0.1) is 0 Å². The third kappa shape index (κ3) is 6.47. The van der Waals surface area contributed by atoms with E-state index in [2.05, 4.69) is 4.72 Å². The molecule has 0 spiro atoms. The van der Waals surface area contributed by atoms with Gasteiger partial charge in [0, 0.05) is 26.1 Å². The largest absolute Gasteiger partial charge is 0.341 e. The molecule has 122 valence electrons. The van der Waals surface area contributed by atoms with Gasteiger partial charge in [0.15, 0.2) is 0 Å². The maximum atomic E-state index is 12.0. The lowest BCUT2D eigenvalue weighted by Crippen LogP contribution is -2.35. The molecule has 0 bridgehead atoms. The van der Waals surface area contributed by atoms with E-state index in [1.54, 1.807) is 18.2 Å². The van der Waals surface area contributed by atoms with Crippen LogP contribution in [0.4, 0.5) is 0 Å². The van der Waals surface area contributed by atoms with Gasteiger partial charge in [-0.05, 0) is 12.1 Å². The van der Waals surface area contributed by atoms with Crippen LogP contribution in [0.3, 0.4) is 0 Å². The summed E-state index contributed by atoms with van der Waals surface area (Å²) < 4.78 is 26.4. The number of benzene rings is 1. The van der Waals surface area contributed by atoms with E-state index in [4.69, 9.17) is 10.5 Å². The van der Waals surface area contributed by atoms with Crippen LogP contribution < -0.4 is 4.72 Å². The fourth-order valence-electron chi connectivity index (χ4n) is 1.86. The molecule has 0 fully saturated rings. The number of amides is 1. The molecule has 0 unspecified atom stereocenters. The molecule has 0 saturated carbocycles. The first kappa shape index (κ1) is 18.6. The maximum Gasteiger partial charge on any atom is 0.240 e. The Morgan fingerprint density at radius 3 is 2.17 bits per heavy atom. The van der Waals surface area contributed by atoms with Gasteiger partial charge in [0.25, 0.3) is 0 Å². The Kier molecular flexibility index (Phi) is 7.75. The third-order valence-corrected chi connectivity index (χ3v) is 4.50. The van der Waals surface area contributed by atoms with Crippen LogP contribution in [0.2, 0.25) is 0 Å². The summed E-state index contributed by atoms with van der Waals surface area (Å²) >= 11 is 0. The van der Waals surface area contributed by atoms with Crippen LogP contribution in [0.15, 0.2) is 35.2 Å². The van der Waals surface area contributed by atoms with Crippen molar-refractivity contribution in [3.63, 3.8) is 0 Å². The Balaban J connectivity index is 2.54. The number of sulfonamides is 1. The van der Waals surface area contributed by atoms with E-state index in [1.165, 1.54) is 17.0 Å². The lowest BCUT2D eigenvalue weighted by atomic mass is 10.3. The molecule has 0 radical (unpaired) electrons. The highest BCUT2D eigenvalue weighted by atomic mass is 32.2. The second kappa shape index (κ2) is 9.57. The first-order chi connectivity index (χ1) is 11.0. The molecule has 0 heterocycles. The summed E-state index contributed by atoms with van der Waals surface area (Å²) in [6.07, 6.45) is 0.322. The van der Waals surface area contributed by atoms with Gasteiger partial charge in [0.05, 0.1) is 29.9 Å². The molecule has 0 aliphatic rings. The minimum Gasteiger partial charge on any atom is -0.341 e. The van der Waals surface area contributed by atoms with Crippen molar-refractivity contribution in [3.05, 3.63) is 30.3 Å². The predicted octanol–water partition coefficient (Wildman–Crippen LogP) is 1.01. The normalized spacial score (nSPS) is 10.5. The lowest BCUT2D eigenvalue weighted by molar-refractivity contribution is -0.130. The van der Waals surface area contributed by atoms with Crippen molar-refractivity contribution < 1.29 is 13.2 Å². The van der Waals surface area contributed by atoms with Gasteiger partial charge in [-0.3, -0.25) is 4.79 Å². The number of carbonyl (C=O) groups is 1. The van der Waals surface area contributed by atoms with E-state index in [0.29, 0.717) is 0 Å². The zero-order chi connectivity index (χ0) is 17.1. The number of hydrogen-bond acceptors (Lipinski definition) is 5. The van der Waals surface area contributed by atoms with Crippen LogP contribution in [-0.2, 0) is 14.8 Å². The Hall–Kier alpha value is -2.42. The fraction of sp³-hybridized carbons (Fsp3) is 0.400. The number of rotatable bonds is 9. The van der Waals surface area contributed by atoms with Crippen LogP contribution >= 0.6 is 0 Å². The molecule has 0 aliphatic heterocycles. The molecule has 0 aromatic heterocycles. The van der Waals surface area contributed by atoms with E-state index < -0.39 is 10.0 Å². The monoisotopic (exact) mass is 334 g/mol. The molecule has 23 heavy (non-hydrogen) atoms. The molecule has 1 amide bonds. The summed E-state index contributed by atoms with van der Waals surface area (Å²) in [4.78, 5) is 13.6. The summed E-state index contributed by atoms with van der Waals surface area (Å²) in [5.74, 6) is -0.286. The number of nitriles is 2. The van der Waals surface area contributed by atoms with Crippen LogP contribution in [0.5, 0.6) is 0 Å². The minimum absolute atomic E-state index is 0.0249. The van der Waals surface area contributed by atoms with Crippen molar-refractivity contribution in [2.45, 2.75) is 24.2 Å². The standard InChI is InChI=1S/C15H18N4O3S/c16-9-4-12-19(13-5-10-17)15(20)8-11-18-23(21,22)14-6-2-1-3-7-14/h1-3,6-7,18H,4-5,8,11-13H2. The molecule has 0 atom stereocenters. The molecule has 7 nitrogen and oxygen atoms in total. The second-order valence-corrected chi connectivity index (χ2v) is 6.42. The van der Waals surface area contributed by atoms with E-state index in [1.807, 2.05) is 12.1 Å². The highest BCUT2D eigenvalue weighted by Crippen LogP contribution is 2.07. The Morgan fingerprint density at radius 1 is 1.09 bits per heavy atom. The average Bonchev–Trinajstić information content (AvgIpc) is 2.55. The van der Waals surface area contributed by atoms with Gasteiger partial charge >= 0.3 is 0 Å². The molecule has 8 heteroatoms. The predicted molar refractivity (Wildman–Crippen MR) is 83.3 cm³/mol. The van der Waals surface area contributed by atoms with Crippen molar-refractivity contribution in [2.75, 3.05) is 19.6 Å². The van der Waals surface area contributed by atoms with E-state index in [0.717, 1.165) is 0 Å². The van der Waals surface area contributed by atoms with Crippen molar-refractivity contribution in [2.24, 2.45) is 0 Å². The summed E-state index contributed by atoms with van der Waals surface area (Å²) in [6, 6.07) is 11.8. The smallest absolute Gasteiger partial charge is 0.240 e. The zero-order valence-electron chi connectivity index (χ0n) is 12.6. The molecule has 1 rings (SSSR count). The summed E-state index contributed by atoms with van der Waals surface area (Å²) in [6.45, 7) is 0.441. The SMILES string of the molecule is N#CCCN(CCC#N)C(=O)CCNS(=O)(=O)c1ccccc1. The van der Waals surface area contributed by atoms with Gasteiger partial charge < -0.3 is 4.90 Å². The van der Waals surface area contributed by atoms with Gasteiger partial charge in [0.1, 0.15) is 0 Å². The fourth-order valence-corrected chi connectivity index (χ4v) is 2.92. The van der Waals surface area contributed by atoms with Gasteiger partial charge in [0.2, 0.25) is 15.9 Å². The van der Waals surface area contributed by atoms with E-state index in [-0.39, 0.29) is 49.7 Å². The number of nitrogens with zero attached hydrogens (tertiary/aromatic N) is 3. The molecule has 0 saturated heterocycles. The molecule has 1 N–H and O–H groups in total. The summed E-state index contributed by atoms with van der Waals surface area (Å²) in [5, 5.41) is 17.2. The lowest BCUT2D eigenvalue weighted by Gasteiger charge is -2.20. The Bertz CT molecular complexity index is 672. The first-order valence-corrected chi connectivity index (χ1v) is 8.56. The Morgan fingerprint density at radius 2 is 1.65 bits per heavy atom. The first-order valence-electron chi connectivity index (χ1n) is 7.07. The molecule has 0 aliphatic carbocycles. The number of nitrogens with one attached hydrogen (secondary N) is 1. The van der Waals surface area contributed by atoms with E-state index >= 15 is 0 Å². The van der Waals surface area contributed by atoms with Crippen LogP contribution in [0.1, 0.15) is 19.3 Å². The summed E-state index contributed by atoms with van der Waals surface area (Å²) in [5.41, 5.74) is 0. The highest BCUT2D eigenvalue weighted by Gasteiger charge is 2.16. The van der Waals surface area contributed by atoms with Crippen molar-refractivity contribution in [3.8, 4) is 12.1 Å². The quantitative estimate of drug-likeness (QED) is 0.724. The number of carbonyl (C=O) groups excluding carboxylic acids is 1. The maximum absolute atomic E-state index is 12.0. The average molecular weight is 334 g/mol. The van der Waals surface area contributed by atoms with Crippen molar-refractivity contribution in [1.82, 2.24) is 9.62 Å². The molecule has 1 aromatic carbocycles. The van der Waals surface area contributed by atoms with Crippen molar-refractivity contribution >= 4 is 15.9 Å². The Labute approximate surface area is 136 Å². The van der Waals surface area contributed by atoms with Crippen LogP contribution in [-0.4, -0.2) is 38.9 Å². The zero-order valence-corrected chi connectivity index (χ0v) is 13.4. The van der Waals surface area contributed by atoms with Gasteiger partial charge in [-0.1, -0.05) is 18.2 Å². The highest BCUT2D eigenvalue weighted by molar-refractivity contribution is 7.89. The molecule has 1 aromatic rings.